The zero-order chi connectivity index (χ0) is 35.8. The minimum Gasteiger partial charge on any atom is -0.264 e. The Hall–Kier alpha value is -7.23. The number of hydrogen-bond donors (Lipinski definition) is 0. The second-order valence-electron chi connectivity index (χ2n) is 13.5. The number of aromatic nitrogens is 3. The molecule has 0 aliphatic heterocycles. The van der Waals surface area contributed by atoms with Crippen molar-refractivity contribution in [1.82, 2.24) is 15.0 Å². The Labute approximate surface area is 313 Å². The van der Waals surface area contributed by atoms with E-state index in [2.05, 4.69) is 175 Å². The molecule has 0 atom stereocenters. The molecule has 3 nitrogen and oxygen atoms in total. The molecule has 0 amide bonds. The van der Waals surface area contributed by atoms with E-state index in [1.54, 1.807) is 0 Å². The molecule has 3 heteroatoms. The van der Waals surface area contributed by atoms with Crippen LogP contribution in [0, 0.1) is 0 Å². The average molecular weight is 688 g/mol. The molecule has 10 aromatic rings. The molecule has 2 heterocycles. The van der Waals surface area contributed by atoms with Gasteiger partial charge in [-0.25, -0.2) is 9.97 Å². The largest absolute Gasteiger partial charge is 0.264 e. The maximum atomic E-state index is 5.56. The summed E-state index contributed by atoms with van der Waals surface area (Å²) in [6.45, 7) is 0. The zero-order valence-corrected chi connectivity index (χ0v) is 29.4. The van der Waals surface area contributed by atoms with Crippen LogP contribution in [0.4, 0.5) is 0 Å². The number of hydrogen-bond acceptors (Lipinski definition) is 3. The van der Waals surface area contributed by atoms with E-state index in [-0.39, 0.29) is 0 Å². The van der Waals surface area contributed by atoms with Gasteiger partial charge in [-0.3, -0.25) is 4.98 Å². The maximum Gasteiger partial charge on any atom is 0.0979 e. The quantitative estimate of drug-likeness (QED) is 0.163. The van der Waals surface area contributed by atoms with Crippen LogP contribution in [0.5, 0.6) is 0 Å². The Bertz CT molecular complexity index is 2890. The van der Waals surface area contributed by atoms with Crippen LogP contribution < -0.4 is 0 Å². The molecule has 8 aromatic carbocycles. The van der Waals surface area contributed by atoms with Crippen LogP contribution in [-0.4, -0.2) is 15.0 Å². The molecule has 0 bridgehead atoms. The van der Waals surface area contributed by atoms with Gasteiger partial charge in [0.05, 0.1) is 22.4 Å². The lowest BCUT2D eigenvalue weighted by Gasteiger charge is -2.18. The normalized spacial score (nSPS) is 11.3. The lowest BCUT2D eigenvalue weighted by atomic mass is 9.86. The predicted octanol–water partition coefficient (Wildman–Crippen LogP) is 13.3. The molecule has 2 aromatic heterocycles. The zero-order valence-electron chi connectivity index (χ0n) is 29.4. The highest BCUT2D eigenvalue weighted by Crippen LogP contribution is 2.44. The first kappa shape index (κ1) is 31.5. The van der Waals surface area contributed by atoms with Crippen molar-refractivity contribution >= 4 is 32.6 Å². The third-order valence-corrected chi connectivity index (χ3v) is 10.4. The summed E-state index contributed by atoms with van der Waals surface area (Å²) in [6.07, 6.45) is 3.79. The summed E-state index contributed by atoms with van der Waals surface area (Å²) < 4.78 is 0. The summed E-state index contributed by atoms with van der Waals surface area (Å²) in [7, 11) is 0. The van der Waals surface area contributed by atoms with Crippen LogP contribution in [0.15, 0.2) is 200 Å². The first-order valence-electron chi connectivity index (χ1n) is 18.3. The molecule has 10 rings (SSSR count). The highest BCUT2D eigenvalue weighted by atomic mass is 14.8. The molecule has 0 saturated carbocycles. The number of rotatable bonds is 6. The van der Waals surface area contributed by atoms with Crippen LogP contribution in [0.3, 0.4) is 0 Å². The van der Waals surface area contributed by atoms with E-state index in [4.69, 9.17) is 9.97 Å². The van der Waals surface area contributed by atoms with Gasteiger partial charge in [0.15, 0.2) is 0 Å². The molecule has 0 N–H and O–H groups in total. The van der Waals surface area contributed by atoms with Crippen molar-refractivity contribution in [2.75, 3.05) is 0 Å². The first-order chi connectivity index (χ1) is 26.8. The van der Waals surface area contributed by atoms with Crippen molar-refractivity contribution in [3.8, 4) is 67.0 Å². The third-order valence-electron chi connectivity index (χ3n) is 10.4. The Kier molecular flexibility index (Phi) is 7.81. The monoisotopic (exact) mass is 687 g/mol. The van der Waals surface area contributed by atoms with Gasteiger partial charge in [0.2, 0.25) is 0 Å². The first-order valence-corrected chi connectivity index (χ1v) is 18.3. The number of fused-ring (bicyclic) bond motifs is 3. The molecule has 0 fully saturated rings. The Morgan fingerprint density at radius 1 is 0.278 bits per heavy atom. The lowest BCUT2D eigenvalue weighted by molar-refractivity contribution is 1.29. The standard InChI is InChI=1S/C51H33N3/c1-4-15-34(16-5-1)40-30-31-41(35-17-6-2-7-18-35)51-50(40)53-48(37-19-8-3-9-20-37)49(54-51)38-28-26-36(27-29-38)46-42-22-10-12-24-44(42)47(39-21-14-32-52-33-39)45-25-13-11-23-43(45)46/h1-33H. The van der Waals surface area contributed by atoms with Crippen molar-refractivity contribution < 1.29 is 0 Å². The maximum absolute atomic E-state index is 5.56. The van der Waals surface area contributed by atoms with Crippen LogP contribution in [0.25, 0.3) is 99.6 Å². The highest BCUT2D eigenvalue weighted by Gasteiger charge is 2.20. The number of benzene rings is 8. The third kappa shape index (κ3) is 5.42. The van der Waals surface area contributed by atoms with E-state index < -0.39 is 0 Å². The van der Waals surface area contributed by atoms with Crippen molar-refractivity contribution in [1.29, 1.82) is 0 Å². The summed E-state index contributed by atoms with van der Waals surface area (Å²) >= 11 is 0. The minimum atomic E-state index is 0.851. The van der Waals surface area contributed by atoms with Crippen LogP contribution in [-0.2, 0) is 0 Å². The summed E-state index contributed by atoms with van der Waals surface area (Å²) in [6, 6.07) is 66.3. The fourth-order valence-electron chi connectivity index (χ4n) is 7.89. The van der Waals surface area contributed by atoms with E-state index in [1.165, 1.54) is 32.7 Å². The van der Waals surface area contributed by atoms with E-state index in [0.717, 1.165) is 66.9 Å². The summed E-state index contributed by atoms with van der Waals surface area (Å²) in [5, 5.41) is 4.83. The van der Waals surface area contributed by atoms with Crippen LogP contribution in [0.2, 0.25) is 0 Å². The number of nitrogens with zero attached hydrogens (tertiary/aromatic N) is 3. The molecule has 54 heavy (non-hydrogen) atoms. The van der Waals surface area contributed by atoms with E-state index in [0.29, 0.717) is 0 Å². The minimum absolute atomic E-state index is 0.851. The summed E-state index contributed by atoms with van der Waals surface area (Å²) in [5.41, 5.74) is 14.5. The van der Waals surface area contributed by atoms with E-state index in [1.807, 2.05) is 30.6 Å². The molecule has 0 aliphatic rings. The van der Waals surface area contributed by atoms with Gasteiger partial charge in [-0.15, -0.1) is 0 Å². The Balaban J connectivity index is 1.20. The molecule has 0 spiro atoms. The molecule has 0 aliphatic carbocycles. The van der Waals surface area contributed by atoms with Crippen molar-refractivity contribution in [3.05, 3.63) is 200 Å². The fourth-order valence-corrected chi connectivity index (χ4v) is 7.89. The van der Waals surface area contributed by atoms with Crippen LogP contribution >= 0.6 is 0 Å². The molecular formula is C51H33N3. The fraction of sp³-hybridized carbons (Fsp3) is 0. The van der Waals surface area contributed by atoms with Crippen LogP contribution in [0.1, 0.15) is 0 Å². The Morgan fingerprint density at radius 3 is 1.09 bits per heavy atom. The summed E-state index contributed by atoms with van der Waals surface area (Å²) in [5.74, 6) is 0. The van der Waals surface area contributed by atoms with Crippen molar-refractivity contribution in [2.45, 2.75) is 0 Å². The highest BCUT2D eigenvalue weighted by molar-refractivity contribution is 6.21. The number of pyridine rings is 1. The molecule has 0 saturated heterocycles. The average Bonchev–Trinajstić information content (AvgIpc) is 3.26. The van der Waals surface area contributed by atoms with Gasteiger partial charge in [0.25, 0.3) is 0 Å². The lowest BCUT2D eigenvalue weighted by Crippen LogP contribution is -1.99. The predicted molar refractivity (Wildman–Crippen MR) is 225 cm³/mol. The second-order valence-corrected chi connectivity index (χ2v) is 13.5. The molecule has 0 unspecified atom stereocenters. The summed E-state index contributed by atoms with van der Waals surface area (Å²) in [4.78, 5) is 15.6. The molecule has 252 valence electrons. The van der Waals surface area contributed by atoms with Gasteiger partial charge in [-0.1, -0.05) is 182 Å². The van der Waals surface area contributed by atoms with Gasteiger partial charge in [0.1, 0.15) is 0 Å². The molecular weight excluding hydrogens is 655 g/mol. The Morgan fingerprint density at radius 2 is 0.648 bits per heavy atom. The van der Waals surface area contributed by atoms with Crippen molar-refractivity contribution in [2.24, 2.45) is 0 Å². The smallest absolute Gasteiger partial charge is 0.0979 e. The molecule has 0 radical (unpaired) electrons. The van der Waals surface area contributed by atoms with Gasteiger partial charge in [0, 0.05) is 40.2 Å². The van der Waals surface area contributed by atoms with E-state index >= 15 is 0 Å². The van der Waals surface area contributed by atoms with Crippen molar-refractivity contribution in [3.63, 3.8) is 0 Å². The van der Waals surface area contributed by atoms with E-state index in [9.17, 15) is 0 Å². The van der Waals surface area contributed by atoms with Gasteiger partial charge >= 0.3 is 0 Å². The SMILES string of the molecule is c1ccc(-c2nc3c(-c4ccccc4)ccc(-c4ccccc4)c3nc2-c2ccc(-c3c4ccccc4c(-c4cccnc4)c4ccccc34)cc2)cc1. The van der Waals surface area contributed by atoms with Gasteiger partial charge < -0.3 is 0 Å². The van der Waals surface area contributed by atoms with Gasteiger partial charge in [-0.2, -0.15) is 0 Å². The second kappa shape index (κ2) is 13.4. The topological polar surface area (TPSA) is 38.7 Å². The van der Waals surface area contributed by atoms with Gasteiger partial charge in [-0.05, 0) is 55.4 Å².